The standard InChI is InChI=1S/C12H13N3O4/c1-2-18-10-5-8(6-13)3-4-9(10)19-7-11(16)15-12(14)17/h3-5H,2,7H2,1H3,(H3,14,15,16,17). The van der Waals surface area contributed by atoms with Gasteiger partial charge >= 0.3 is 6.03 Å². The van der Waals surface area contributed by atoms with E-state index in [4.69, 9.17) is 20.5 Å². The number of hydrogen-bond donors (Lipinski definition) is 2. The molecule has 0 atom stereocenters. The third-order valence-electron chi connectivity index (χ3n) is 1.99. The molecule has 1 rings (SSSR count). The molecule has 0 saturated carbocycles. The maximum Gasteiger partial charge on any atom is 0.318 e. The number of benzene rings is 1. The fourth-order valence-electron chi connectivity index (χ4n) is 1.28. The number of primary amides is 1. The van der Waals surface area contributed by atoms with Crippen LogP contribution in [-0.4, -0.2) is 25.2 Å². The molecule has 0 heterocycles. The average Bonchev–Trinajstić information content (AvgIpc) is 2.36. The van der Waals surface area contributed by atoms with Crippen molar-refractivity contribution in [1.29, 1.82) is 5.26 Å². The summed E-state index contributed by atoms with van der Waals surface area (Å²) in [7, 11) is 0. The number of urea groups is 1. The molecule has 3 amide bonds. The molecule has 0 bridgehead atoms. The molecule has 0 unspecified atom stereocenters. The Morgan fingerprint density at radius 1 is 1.37 bits per heavy atom. The van der Waals surface area contributed by atoms with Gasteiger partial charge in [-0.15, -0.1) is 0 Å². The second-order valence-corrected chi connectivity index (χ2v) is 3.41. The van der Waals surface area contributed by atoms with Crippen molar-refractivity contribution in [2.45, 2.75) is 6.92 Å². The number of rotatable bonds is 5. The Hall–Kier alpha value is -2.75. The maximum absolute atomic E-state index is 11.2. The molecule has 1 aromatic rings. The maximum atomic E-state index is 11.2. The molecule has 7 nitrogen and oxygen atoms in total. The summed E-state index contributed by atoms with van der Waals surface area (Å²) in [4.78, 5) is 21.6. The van der Waals surface area contributed by atoms with Gasteiger partial charge in [0.1, 0.15) is 0 Å². The smallest absolute Gasteiger partial charge is 0.318 e. The predicted octanol–water partition coefficient (Wildman–Crippen LogP) is 0.531. The number of carbonyl (C=O) groups excluding carboxylic acids is 2. The summed E-state index contributed by atoms with van der Waals surface area (Å²) in [6.45, 7) is 1.79. The van der Waals surface area contributed by atoms with E-state index in [2.05, 4.69) is 0 Å². The number of imide groups is 1. The zero-order valence-electron chi connectivity index (χ0n) is 10.3. The molecule has 0 fully saturated rings. The van der Waals surface area contributed by atoms with Crippen LogP contribution in [0.4, 0.5) is 4.79 Å². The first-order valence-electron chi connectivity index (χ1n) is 5.45. The first-order chi connectivity index (χ1) is 9.06. The first kappa shape index (κ1) is 14.3. The largest absolute Gasteiger partial charge is 0.490 e. The van der Waals surface area contributed by atoms with E-state index in [1.807, 2.05) is 11.4 Å². The molecule has 19 heavy (non-hydrogen) atoms. The highest BCUT2D eigenvalue weighted by Gasteiger charge is 2.10. The third-order valence-corrected chi connectivity index (χ3v) is 1.99. The van der Waals surface area contributed by atoms with Crippen LogP contribution in [-0.2, 0) is 4.79 Å². The minimum atomic E-state index is -0.946. The van der Waals surface area contributed by atoms with Gasteiger partial charge in [0.15, 0.2) is 18.1 Å². The predicted molar refractivity (Wildman–Crippen MR) is 65.5 cm³/mol. The van der Waals surface area contributed by atoms with E-state index >= 15 is 0 Å². The van der Waals surface area contributed by atoms with Crippen LogP contribution in [0.3, 0.4) is 0 Å². The Morgan fingerprint density at radius 2 is 2.11 bits per heavy atom. The summed E-state index contributed by atoms with van der Waals surface area (Å²) >= 11 is 0. The number of nitrogens with zero attached hydrogens (tertiary/aromatic N) is 1. The lowest BCUT2D eigenvalue weighted by Crippen LogP contribution is -2.38. The lowest BCUT2D eigenvalue weighted by Gasteiger charge is -2.11. The van der Waals surface area contributed by atoms with Gasteiger partial charge in [0.05, 0.1) is 18.2 Å². The Bertz CT molecular complexity index is 522. The Kier molecular flexibility index (Phi) is 5.17. The fraction of sp³-hybridized carbons (Fsp3) is 0.250. The summed E-state index contributed by atoms with van der Waals surface area (Å²) in [6, 6.07) is 5.57. The second-order valence-electron chi connectivity index (χ2n) is 3.41. The molecule has 0 saturated heterocycles. The van der Waals surface area contributed by atoms with Crippen LogP contribution in [0.15, 0.2) is 18.2 Å². The molecular formula is C12H13N3O4. The quantitative estimate of drug-likeness (QED) is 0.804. The van der Waals surface area contributed by atoms with Gasteiger partial charge in [0, 0.05) is 6.07 Å². The second kappa shape index (κ2) is 6.86. The zero-order chi connectivity index (χ0) is 14.3. The van der Waals surface area contributed by atoms with Crippen LogP contribution in [0.25, 0.3) is 0 Å². The van der Waals surface area contributed by atoms with Crippen LogP contribution >= 0.6 is 0 Å². The summed E-state index contributed by atoms with van der Waals surface area (Å²) in [5.41, 5.74) is 5.20. The van der Waals surface area contributed by atoms with Gasteiger partial charge in [-0.25, -0.2) is 4.79 Å². The molecule has 1 aromatic carbocycles. The molecule has 3 N–H and O–H groups in total. The van der Waals surface area contributed by atoms with E-state index in [0.29, 0.717) is 23.7 Å². The molecular weight excluding hydrogens is 250 g/mol. The lowest BCUT2D eigenvalue weighted by atomic mass is 10.2. The van der Waals surface area contributed by atoms with Gasteiger partial charge in [-0.3, -0.25) is 10.1 Å². The minimum Gasteiger partial charge on any atom is -0.490 e. The van der Waals surface area contributed by atoms with Crippen LogP contribution in [0.5, 0.6) is 11.5 Å². The zero-order valence-corrected chi connectivity index (χ0v) is 10.3. The van der Waals surface area contributed by atoms with E-state index in [1.165, 1.54) is 18.2 Å². The van der Waals surface area contributed by atoms with Gasteiger partial charge in [0.25, 0.3) is 5.91 Å². The van der Waals surface area contributed by atoms with E-state index < -0.39 is 11.9 Å². The molecule has 0 spiro atoms. The Labute approximate surface area is 109 Å². The topological polar surface area (TPSA) is 114 Å². The van der Waals surface area contributed by atoms with Gasteiger partial charge in [-0.1, -0.05) is 0 Å². The van der Waals surface area contributed by atoms with Crippen molar-refractivity contribution < 1.29 is 19.1 Å². The summed E-state index contributed by atoms with van der Waals surface area (Å²) in [5, 5.41) is 10.6. The van der Waals surface area contributed by atoms with Gasteiger partial charge in [-0.05, 0) is 19.1 Å². The highest BCUT2D eigenvalue weighted by Crippen LogP contribution is 2.28. The Balaban J connectivity index is 2.74. The normalized spacial score (nSPS) is 9.26. The number of nitriles is 1. The first-order valence-corrected chi connectivity index (χ1v) is 5.45. The van der Waals surface area contributed by atoms with Crippen LogP contribution < -0.4 is 20.5 Å². The van der Waals surface area contributed by atoms with Crippen LogP contribution in [0, 0.1) is 11.3 Å². The van der Waals surface area contributed by atoms with Gasteiger partial charge < -0.3 is 15.2 Å². The van der Waals surface area contributed by atoms with Gasteiger partial charge in [0.2, 0.25) is 0 Å². The van der Waals surface area contributed by atoms with Crippen molar-refractivity contribution in [2.24, 2.45) is 5.73 Å². The number of carbonyl (C=O) groups is 2. The minimum absolute atomic E-state index is 0.306. The van der Waals surface area contributed by atoms with Crippen molar-refractivity contribution in [1.82, 2.24) is 5.32 Å². The monoisotopic (exact) mass is 263 g/mol. The molecule has 0 aliphatic rings. The van der Waals surface area contributed by atoms with Crippen molar-refractivity contribution in [3.63, 3.8) is 0 Å². The third kappa shape index (κ3) is 4.55. The average molecular weight is 263 g/mol. The van der Waals surface area contributed by atoms with Crippen LogP contribution in [0.1, 0.15) is 12.5 Å². The SMILES string of the molecule is CCOc1cc(C#N)ccc1OCC(=O)NC(N)=O. The van der Waals surface area contributed by atoms with Gasteiger partial charge in [-0.2, -0.15) is 5.26 Å². The van der Waals surface area contributed by atoms with E-state index in [1.54, 1.807) is 6.92 Å². The molecule has 0 aliphatic heterocycles. The van der Waals surface area contributed by atoms with Crippen LogP contribution in [0.2, 0.25) is 0 Å². The highest BCUT2D eigenvalue weighted by molar-refractivity contribution is 5.94. The summed E-state index contributed by atoms with van der Waals surface area (Å²) < 4.78 is 10.5. The van der Waals surface area contributed by atoms with Crippen molar-refractivity contribution in [2.75, 3.05) is 13.2 Å². The number of nitrogens with two attached hydrogens (primary N) is 1. The molecule has 7 heteroatoms. The van der Waals surface area contributed by atoms with Crippen molar-refractivity contribution in [3.05, 3.63) is 23.8 Å². The molecule has 0 radical (unpaired) electrons. The Morgan fingerprint density at radius 3 is 2.68 bits per heavy atom. The molecule has 0 aliphatic carbocycles. The molecule has 100 valence electrons. The lowest BCUT2D eigenvalue weighted by molar-refractivity contribution is -0.121. The number of nitrogens with one attached hydrogen (secondary N) is 1. The highest BCUT2D eigenvalue weighted by atomic mass is 16.5. The van der Waals surface area contributed by atoms with Crippen molar-refractivity contribution in [3.8, 4) is 17.6 Å². The van der Waals surface area contributed by atoms with E-state index in [-0.39, 0.29) is 6.61 Å². The fourth-order valence-corrected chi connectivity index (χ4v) is 1.28. The number of amides is 3. The molecule has 0 aromatic heterocycles. The number of ether oxygens (including phenoxy) is 2. The van der Waals surface area contributed by atoms with E-state index in [0.717, 1.165) is 0 Å². The number of hydrogen-bond acceptors (Lipinski definition) is 5. The summed E-state index contributed by atoms with van der Waals surface area (Å²) in [6.07, 6.45) is 0. The van der Waals surface area contributed by atoms with Crippen molar-refractivity contribution >= 4 is 11.9 Å². The summed E-state index contributed by atoms with van der Waals surface area (Å²) in [5.74, 6) is -0.00629. The van der Waals surface area contributed by atoms with E-state index in [9.17, 15) is 9.59 Å².